The van der Waals surface area contributed by atoms with Gasteiger partial charge >= 0.3 is 0 Å². The monoisotopic (exact) mass is 332 g/mol. The van der Waals surface area contributed by atoms with Crippen LogP contribution in [0.2, 0.25) is 0 Å². The molecule has 2 rings (SSSR count). The topological polar surface area (TPSA) is 86.2 Å². The Labute approximate surface area is 138 Å². The number of nitrogens with two attached hydrogens (primary N) is 2. The lowest BCUT2D eigenvalue weighted by atomic mass is 10.1. The zero-order valence-electron chi connectivity index (χ0n) is 13.7. The average Bonchev–Trinajstić information content (AvgIpc) is 2.47. The van der Waals surface area contributed by atoms with Crippen molar-refractivity contribution in [3.8, 4) is 0 Å². The summed E-state index contributed by atoms with van der Waals surface area (Å²) in [5.41, 5.74) is 14.4. The molecule has 2 aromatic carbocycles. The van der Waals surface area contributed by atoms with E-state index < -0.39 is 9.84 Å². The minimum Gasteiger partial charge on any atom is -0.399 e. The highest BCUT2D eigenvalue weighted by Crippen LogP contribution is 2.30. The van der Waals surface area contributed by atoms with Crippen molar-refractivity contribution >= 4 is 21.2 Å². The summed E-state index contributed by atoms with van der Waals surface area (Å²) >= 11 is 0. The number of anilines is 2. The lowest BCUT2D eigenvalue weighted by Crippen LogP contribution is -2.09. The molecule has 0 heterocycles. The van der Waals surface area contributed by atoms with Gasteiger partial charge in [-0.3, -0.25) is 0 Å². The van der Waals surface area contributed by atoms with Gasteiger partial charge in [-0.2, -0.15) is 0 Å². The minimum absolute atomic E-state index is 0.343. The van der Waals surface area contributed by atoms with Gasteiger partial charge in [-0.1, -0.05) is 26.7 Å². The first-order valence-corrected chi connectivity index (χ1v) is 9.40. The van der Waals surface area contributed by atoms with Crippen molar-refractivity contribution in [2.45, 2.75) is 49.3 Å². The van der Waals surface area contributed by atoms with E-state index in [9.17, 15) is 8.42 Å². The summed E-state index contributed by atoms with van der Waals surface area (Å²) in [5.74, 6) is 0. The fraction of sp³-hybridized carbons (Fsp3) is 0.333. The SMILES string of the molecule is CCCc1cc(N)ccc1S(=O)(=O)c1ccc(N)cc1CCC. The molecule has 0 aliphatic rings. The van der Waals surface area contributed by atoms with Gasteiger partial charge in [-0.25, -0.2) is 8.42 Å². The Balaban J connectivity index is 2.64. The molecule has 0 amide bonds. The van der Waals surface area contributed by atoms with E-state index in [0.717, 1.165) is 24.0 Å². The first-order valence-electron chi connectivity index (χ1n) is 7.92. The number of hydrogen-bond acceptors (Lipinski definition) is 4. The molecule has 0 spiro atoms. The molecule has 0 saturated heterocycles. The third kappa shape index (κ3) is 3.67. The van der Waals surface area contributed by atoms with E-state index in [1.165, 1.54) is 0 Å². The molecule has 0 aliphatic carbocycles. The van der Waals surface area contributed by atoms with Crippen molar-refractivity contribution < 1.29 is 8.42 Å². The van der Waals surface area contributed by atoms with Gasteiger partial charge in [0.2, 0.25) is 9.84 Å². The van der Waals surface area contributed by atoms with Crippen LogP contribution in [-0.2, 0) is 22.7 Å². The van der Waals surface area contributed by atoms with Crippen molar-refractivity contribution in [1.29, 1.82) is 0 Å². The number of rotatable bonds is 6. The van der Waals surface area contributed by atoms with Gasteiger partial charge in [0.05, 0.1) is 9.79 Å². The second kappa shape index (κ2) is 7.04. The summed E-state index contributed by atoms with van der Waals surface area (Å²) in [4.78, 5) is 0.686. The zero-order chi connectivity index (χ0) is 17.0. The lowest BCUT2D eigenvalue weighted by Gasteiger charge is -2.14. The van der Waals surface area contributed by atoms with Crippen LogP contribution < -0.4 is 11.5 Å². The molecule has 0 unspecified atom stereocenters. The number of aryl methyl sites for hydroxylation is 2. The van der Waals surface area contributed by atoms with Gasteiger partial charge in [-0.15, -0.1) is 0 Å². The smallest absolute Gasteiger partial charge is 0.207 e. The summed E-state index contributed by atoms with van der Waals surface area (Å²) in [7, 11) is -3.59. The quantitative estimate of drug-likeness (QED) is 0.792. The van der Waals surface area contributed by atoms with Crippen molar-refractivity contribution in [2.24, 2.45) is 0 Å². The van der Waals surface area contributed by atoms with Gasteiger partial charge in [0, 0.05) is 11.4 Å². The van der Waals surface area contributed by atoms with Crippen LogP contribution in [0, 0.1) is 0 Å². The van der Waals surface area contributed by atoms with Crippen LogP contribution in [0.15, 0.2) is 46.2 Å². The summed E-state index contributed by atoms with van der Waals surface area (Å²) in [5, 5.41) is 0. The van der Waals surface area contributed by atoms with E-state index in [1.54, 1.807) is 36.4 Å². The molecule has 0 saturated carbocycles. The largest absolute Gasteiger partial charge is 0.399 e. The molecular weight excluding hydrogens is 308 g/mol. The van der Waals surface area contributed by atoms with E-state index in [4.69, 9.17) is 11.5 Å². The average molecular weight is 332 g/mol. The zero-order valence-corrected chi connectivity index (χ0v) is 14.5. The van der Waals surface area contributed by atoms with Crippen molar-refractivity contribution in [3.63, 3.8) is 0 Å². The molecule has 0 radical (unpaired) electrons. The van der Waals surface area contributed by atoms with Gasteiger partial charge in [0.15, 0.2) is 0 Å². The van der Waals surface area contributed by atoms with Crippen molar-refractivity contribution in [2.75, 3.05) is 11.5 Å². The van der Waals surface area contributed by atoms with E-state index >= 15 is 0 Å². The fourth-order valence-electron chi connectivity index (χ4n) is 2.77. The Morgan fingerprint density at radius 3 is 1.52 bits per heavy atom. The van der Waals surface area contributed by atoms with Gasteiger partial charge in [0.1, 0.15) is 0 Å². The van der Waals surface area contributed by atoms with E-state index in [-0.39, 0.29) is 0 Å². The van der Waals surface area contributed by atoms with Gasteiger partial charge in [-0.05, 0) is 60.4 Å². The highest BCUT2D eigenvalue weighted by atomic mass is 32.2. The van der Waals surface area contributed by atoms with Crippen molar-refractivity contribution in [3.05, 3.63) is 47.5 Å². The third-order valence-corrected chi connectivity index (χ3v) is 5.74. The maximum atomic E-state index is 13.2. The Morgan fingerprint density at radius 2 is 1.17 bits per heavy atom. The van der Waals surface area contributed by atoms with E-state index in [2.05, 4.69) is 0 Å². The summed E-state index contributed by atoms with van der Waals surface area (Å²) in [6.45, 7) is 4.04. The van der Waals surface area contributed by atoms with E-state index in [0.29, 0.717) is 34.0 Å². The Hall–Kier alpha value is -2.01. The molecule has 0 atom stereocenters. The molecule has 4 nitrogen and oxygen atoms in total. The number of nitrogen functional groups attached to an aromatic ring is 2. The van der Waals surface area contributed by atoms with Crippen LogP contribution in [-0.4, -0.2) is 8.42 Å². The molecule has 124 valence electrons. The maximum absolute atomic E-state index is 13.2. The van der Waals surface area contributed by atoms with Crippen LogP contribution in [0.4, 0.5) is 11.4 Å². The molecule has 23 heavy (non-hydrogen) atoms. The molecular formula is C18H24N2O2S. The van der Waals surface area contributed by atoms with Gasteiger partial charge in [0.25, 0.3) is 0 Å². The normalized spacial score (nSPS) is 11.6. The highest BCUT2D eigenvalue weighted by molar-refractivity contribution is 7.91. The van der Waals surface area contributed by atoms with Crippen LogP contribution in [0.1, 0.15) is 37.8 Å². The number of hydrogen-bond donors (Lipinski definition) is 2. The Kier molecular flexibility index (Phi) is 5.31. The minimum atomic E-state index is -3.59. The standard InChI is InChI=1S/C18H24N2O2S/c1-3-5-13-11-15(19)7-9-17(13)23(21,22)18-10-8-16(20)12-14(18)6-4-2/h7-12H,3-6,19-20H2,1-2H3. The van der Waals surface area contributed by atoms with Gasteiger partial charge < -0.3 is 11.5 Å². The Bertz CT molecular complexity index is 737. The highest BCUT2D eigenvalue weighted by Gasteiger charge is 2.24. The first kappa shape index (κ1) is 17.3. The predicted molar refractivity (Wildman–Crippen MR) is 95.2 cm³/mol. The number of benzene rings is 2. The molecule has 2 aromatic rings. The van der Waals surface area contributed by atoms with Crippen LogP contribution >= 0.6 is 0 Å². The second-order valence-corrected chi connectivity index (χ2v) is 7.62. The summed E-state index contributed by atoms with van der Waals surface area (Å²) in [6, 6.07) is 10.0. The maximum Gasteiger partial charge on any atom is 0.207 e. The van der Waals surface area contributed by atoms with Crippen molar-refractivity contribution in [1.82, 2.24) is 0 Å². The first-order chi connectivity index (χ1) is 10.9. The third-order valence-electron chi connectivity index (χ3n) is 3.79. The molecule has 0 aliphatic heterocycles. The summed E-state index contributed by atoms with van der Waals surface area (Å²) < 4.78 is 26.3. The molecule has 5 heteroatoms. The number of sulfone groups is 1. The van der Waals surface area contributed by atoms with Crippen LogP contribution in [0.3, 0.4) is 0 Å². The molecule has 0 bridgehead atoms. The molecule has 0 aromatic heterocycles. The molecule has 0 fully saturated rings. The molecule has 4 N–H and O–H groups in total. The van der Waals surface area contributed by atoms with Crippen LogP contribution in [0.5, 0.6) is 0 Å². The predicted octanol–water partition coefficient (Wildman–Crippen LogP) is 3.59. The summed E-state index contributed by atoms with van der Waals surface area (Å²) in [6.07, 6.45) is 3.07. The fourth-order valence-corrected chi connectivity index (χ4v) is 4.51. The second-order valence-electron chi connectivity index (χ2n) is 5.74. The van der Waals surface area contributed by atoms with E-state index in [1.807, 2.05) is 13.8 Å². The Morgan fingerprint density at radius 1 is 0.783 bits per heavy atom. The van der Waals surface area contributed by atoms with Crippen LogP contribution in [0.25, 0.3) is 0 Å². The lowest BCUT2D eigenvalue weighted by molar-refractivity contribution is 0.593.